The van der Waals surface area contributed by atoms with Gasteiger partial charge in [0.05, 0.1) is 24.0 Å². The molecule has 0 saturated heterocycles. The van der Waals surface area contributed by atoms with E-state index in [0.717, 1.165) is 5.56 Å². The zero-order chi connectivity index (χ0) is 18.5. The van der Waals surface area contributed by atoms with Gasteiger partial charge in [0.25, 0.3) is 5.91 Å². The molecule has 0 bridgehead atoms. The summed E-state index contributed by atoms with van der Waals surface area (Å²) in [5, 5.41) is 12.5. The lowest BCUT2D eigenvalue weighted by molar-refractivity contribution is -0.141. The van der Waals surface area contributed by atoms with Crippen LogP contribution < -0.4 is 5.32 Å². The van der Waals surface area contributed by atoms with E-state index in [9.17, 15) is 14.7 Å². The number of carbonyl (C=O) groups is 2. The molecule has 0 aliphatic carbocycles. The molecule has 8 nitrogen and oxygen atoms in total. The van der Waals surface area contributed by atoms with Crippen LogP contribution in [0.3, 0.4) is 0 Å². The highest BCUT2D eigenvalue weighted by atomic mass is 16.5. The molecule has 1 aromatic carbocycles. The molecular formula is C18H16N4O4. The van der Waals surface area contributed by atoms with Crippen molar-refractivity contribution in [3.8, 4) is 17.0 Å². The molecule has 0 fully saturated rings. The molecule has 2 aromatic heterocycles. The highest BCUT2D eigenvalue weighted by Gasteiger charge is 2.18. The first kappa shape index (κ1) is 17.3. The van der Waals surface area contributed by atoms with E-state index in [0.29, 0.717) is 11.2 Å². The largest absolute Gasteiger partial charge is 0.507 e. The van der Waals surface area contributed by atoms with Crippen LogP contribution in [0, 0.1) is 0 Å². The van der Waals surface area contributed by atoms with Crippen molar-refractivity contribution in [1.29, 1.82) is 0 Å². The third-order valence-electron chi connectivity index (χ3n) is 3.57. The maximum absolute atomic E-state index is 12.4. The summed E-state index contributed by atoms with van der Waals surface area (Å²) in [6.07, 6.45) is 4.81. The van der Waals surface area contributed by atoms with Gasteiger partial charge in [-0.1, -0.05) is 0 Å². The number of fused-ring (bicyclic) bond motifs is 1. The normalized spacial score (nSPS) is 10.5. The molecule has 0 spiro atoms. The number of rotatable bonds is 5. The van der Waals surface area contributed by atoms with Gasteiger partial charge < -0.3 is 15.2 Å². The Kier molecular flexibility index (Phi) is 5.02. The van der Waals surface area contributed by atoms with Crippen LogP contribution in [-0.4, -0.2) is 45.1 Å². The van der Waals surface area contributed by atoms with Gasteiger partial charge >= 0.3 is 5.97 Å². The minimum atomic E-state index is -0.635. The maximum Gasteiger partial charge on any atom is 0.325 e. The molecule has 0 aliphatic heterocycles. The highest BCUT2D eigenvalue weighted by Crippen LogP contribution is 2.26. The van der Waals surface area contributed by atoms with Gasteiger partial charge in [0.15, 0.2) is 0 Å². The lowest BCUT2D eigenvalue weighted by atomic mass is 10.1. The van der Waals surface area contributed by atoms with Crippen molar-refractivity contribution >= 4 is 22.9 Å². The fourth-order valence-corrected chi connectivity index (χ4v) is 2.40. The second-order valence-electron chi connectivity index (χ2n) is 5.31. The second-order valence-corrected chi connectivity index (χ2v) is 5.31. The Hall–Kier alpha value is -3.55. The molecule has 0 saturated carbocycles. The molecule has 0 aliphatic rings. The van der Waals surface area contributed by atoms with Crippen molar-refractivity contribution < 1.29 is 19.4 Å². The third kappa shape index (κ3) is 3.59. The minimum Gasteiger partial charge on any atom is -0.507 e. The average Bonchev–Trinajstić information content (AvgIpc) is 2.66. The first-order valence-electron chi connectivity index (χ1n) is 7.93. The molecule has 3 rings (SSSR count). The van der Waals surface area contributed by atoms with Crippen molar-refractivity contribution in [2.75, 3.05) is 13.2 Å². The van der Waals surface area contributed by atoms with E-state index in [1.807, 2.05) is 6.07 Å². The van der Waals surface area contributed by atoms with Crippen LogP contribution in [0.2, 0.25) is 0 Å². The number of hydrogen-bond donors (Lipinski definition) is 2. The number of phenols is 1. The summed E-state index contributed by atoms with van der Waals surface area (Å²) in [4.78, 5) is 36.6. The van der Waals surface area contributed by atoms with E-state index in [2.05, 4.69) is 20.3 Å². The molecule has 2 N–H and O–H groups in total. The standard InChI is InChI=1S/C18H16N4O4/c1-2-26-15(24)10-21-18(25)16-14(23)6-5-12-17(16)20-9-13(22-12)11-4-3-7-19-8-11/h3-9,23H,2,10H2,1H3,(H,21,25). The Bertz CT molecular complexity index is 960. The molecule has 3 aromatic rings. The predicted molar refractivity (Wildman–Crippen MR) is 93.4 cm³/mol. The molecule has 26 heavy (non-hydrogen) atoms. The highest BCUT2D eigenvalue weighted by molar-refractivity contribution is 6.08. The van der Waals surface area contributed by atoms with Crippen molar-refractivity contribution in [2.45, 2.75) is 6.92 Å². The molecule has 8 heteroatoms. The summed E-state index contributed by atoms with van der Waals surface area (Å²) in [6.45, 7) is 1.59. The Labute approximate surface area is 148 Å². The Morgan fingerprint density at radius 3 is 2.81 bits per heavy atom. The molecule has 132 valence electrons. The van der Waals surface area contributed by atoms with Crippen LogP contribution in [0.5, 0.6) is 5.75 Å². The molecule has 0 atom stereocenters. The van der Waals surface area contributed by atoms with Crippen LogP contribution >= 0.6 is 0 Å². The van der Waals surface area contributed by atoms with E-state index >= 15 is 0 Å². The monoisotopic (exact) mass is 352 g/mol. The van der Waals surface area contributed by atoms with Crippen LogP contribution in [0.25, 0.3) is 22.3 Å². The van der Waals surface area contributed by atoms with Gasteiger partial charge in [-0.05, 0) is 31.2 Å². The lowest BCUT2D eigenvalue weighted by Crippen LogP contribution is -2.31. The van der Waals surface area contributed by atoms with Gasteiger partial charge in [-0.3, -0.25) is 19.6 Å². The third-order valence-corrected chi connectivity index (χ3v) is 3.57. The first-order chi connectivity index (χ1) is 12.6. The summed E-state index contributed by atoms with van der Waals surface area (Å²) in [7, 11) is 0. The van der Waals surface area contributed by atoms with Crippen molar-refractivity contribution in [3.05, 3.63) is 48.4 Å². The van der Waals surface area contributed by atoms with Crippen LogP contribution in [-0.2, 0) is 9.53 Å². The lowest BCUT2D eigenvalue weighted by Gasteiger charge is -2.10. The Balaban J connectivity index is 1.94. The zero-order valence-electron chi connectivity index (χ0n) is 14.0. The fourth-order valence-electron chi connectivity index (χ4n) is 2.40. The molecular weight excluding hydrogens is 336 g/mol. The summed E-state index contributed by atoms with van der Waals surface area (Å²) < 4.78 is 4.76. The van der Waals surface area contributed by atoms with E-state index in [1.54, 1.807) is 31.5 Å². The zero-order valence-corrected chi connectivity index (χ0v) is 14.0. The van der Waals surface area contributed by atoms with E-state index in [4.69, 9.17) is 4.74 Å². The molecule has 0 unspecified atom stereocenters. The van der Waals surface area contributed by atoms with E-state index < -0.39 is 11.9 Å². The molecule has 1 amide bonds. The fraction of sp³-hybridized carbons (Fsp3) is 0.167. The Morgan fingerprint density at radius 2 is 2.08 bits per heavy atom. The number of nitrogens with one attached hydrogen (secondary N) is 1. The first-order valence-corrected chi connectivity index (χ1v) is 7.93. The number of aromatic nitrogens is 3. The van der Waals surface area contributed by atoms with Gasteiger partial charge in [0.1, 0.15) is 23.4 Å². The smallest absolute Gasteiger partial charge is 0.325 e. The van der Waals surface area contributed by atoms with Crippen molar-refractivity contribution in [2.24, 2.45) is 0 Å². The molecule has 2 heterocycles. The number of esters is 1. The predicted octanol–water partition coefficient (Wildman–Crippen LogP) is 1.69. The summed E-state index contributed by atoms with van der Waals surface area (Å²) in [5.74, 6) is -1.45. The van der Waals surface area contributed by atoms with Crippen LogP contribution in [0.15, 0.2) is 42.9 Å². The second kappa shape index (κ2) is 7.56. The number of carbonyl (C=O) groups excluding carboxylic acids is 2. The maximum atomic E-state index is 12.4. The van der Waals surface area contributed by atoms with Gasteiger partial charge in [0.2, 0.25) is 0 Å². The van der Waals surface area contributed by atoms with Gasteiger partial charge in [0, 0.05) is 18.0 Å². The number of benzene rings is 1. The average molecular weight is 352 g/mol. The molecule has 0 radical (unpaired) electrons. The summed E-state index contributed by atoms with van der Waals surface area (Å²) in [5.41, 5.74) is 2.00. The van der Waals surface area contributed by atoms with Crippen molar-refractivity contribution in [3.63, 3.8) is 0 Å². The number of ether oxygens (including phenoxy) is 1. The number of phenolic OH excluding ortho intramolecular Hbond substituents is 1. The van der Waals surface area contributed by atoms with E-state index in [-0.39, 0.29) is 30.0 Å². The number of hydrogen-bond acceptors (Lipinski definition) is 7. The summed E-state index contributed by atoms with van der Waals surface area (Å²) >= 11 is 0. The van der Waals surface area contributed by atoms with E-state index in [1.165, 1.54) is 12.3 Å². The van der Waals surface area contributed by atoms with Crippen molar-refractivity contribution in [1.82, 2.24) is 20.3 Å². The summed E-state index contributed by atoms with van der Waals surface area (Å²) in [6, 6.07) is 6.56. The minimum absolute atomic E-state index is 0.0444. The number of aromatic hydroxyl groups is 1. The van der Waals surface area contributed by atoms with Crippen LogP contribution in [0.4, 0.5) is 0 Å². The van der Waals surface area contributed by atoms with Crippen LogP contribution in [0.1, 0.15) is 17.3 Å². The van der Waals surface area contributed by atoms with Gasteiger partial charge in [-0.25, -0.2) is 4.98 Å². The number of pyridine rings is 1. The quantitative estimate of drug-likeness (QED) is 0.672. The number of amides is 1. The topological polar surface area (TPSA) is 114 Å². The van der Waals surface area contributed by atoms with Gasteiger partial charge in [-0.2, -0.15) is 0 Å². The Morgan fingerprint density at radius 1 is 1.23 bits per heavy atom. The SMILES string of the molecule is CCOC(=O)CNC(=O)c1c(O)ccc2nc(-c3cccnc3)cnc12. The number of nitrogens with zero attached hydrogens (tertiary/aromatic N) is 3. The van der Waals surface area contributed by atoms with Gasteiger partial charge in [-0.15, -0.1) is 0 Å².